The van der Waals surface area contributed by atoms with Crippen LogP contribution in [0.25, 0.3) is 0 Å². The lowest BCUT2D eigenvalue weighted by molar-refractivity contribution is 0.395. The van der Waals surface area contributed by atoms with E-state index < -0.39 is 0 Å². The number of hydrogen-bond donors (Lipinski definition) is 1. The summed E-state index contributed by atoms with van der Waals surface area (Å²) in [5.41, 5.74) is 2.51. The predicted octanol–water partition coefficient (Wildman–Crippen LogP) is 1.75. The second-order valence-corrected chi connectivity index (χ2v) is 6.01. The molecule has 0 aromatic carbocycles. The summed E-state index contributed by atoms with van der Waals surface area (Å²) in [6.45, 7) is 6.61. The molecule has 112 valence electrons. The van der Waals surface area contributed by atoms with E-state index in [1.807, 2.05) is 7.05 Å². The molecule has 20 heavy (non-hydrogen) atoms. The zero-order chi connectivity index (χ0) is 14.5. The Morgan fingerprint density at radius 2 is 2.25 bits per heavy atom. The number of aromatic nitrogens is 1. The Hall–Kier alpha value is -1.13. The number of anilines is 1. The average Bonchev–Trinajstić information content (AvgIpc) is 2.84. The molecule has 2 rings (SSSR count). The van der Waals surface area contributed by atoms with Crippen molar-refractivity contribution in [1.29, 1.82) is 0 Å². The zero-order valence-electron chi connectivity index (χ0n) is 13.3. The molecule has 1 aliphatic rings. The van der Waals surface area contributed by atoms with Crippen molar-refractivity contribution in [3.8, 4) is 0 Å². The number of aryl methyl sites for hydroxylation is 1. The number of hydrogen-bond acceptors (Lipinski definition) is 4. The highest BCUT2D eigenvalue weighted by Gasteiger charge is 2.21. The molecule has 2 heterocycles. The van der Waals surface area contributed by atoms with Gasteiger partial charge in [0.2, 0.25) is 0 Å². The highest BCUT2D eigenvalue weighted by atomic mass is 15.2. The minimum atomic E-state index is 0.768. The average molecular weight is 276 g/mol. The minimum absolute atomic E-state index is 0.768. The lowest BCUT2D eigenvalue weighted by Crippen LogP contribution is -2.28. The van der Waals surface area contributed by atoms with E-state index in [1.54, 1.807) is 0 Å². The second-order valence-electron chi connectivity index (χ2n) is 6.01. The molecule has 0 saturated carbocycles. The number of nitrogens with one attached hydrogen (secondary N) is 1. The molecule has 4 heteroatoms. The smallest absolute Gasteiger partial charge is 0.128 e. The minimum Gasteiger partial charge on any atom is -0.359 e. The summed E-state index contributed by atoms with van der Waals surface area (Å²) in [4.78, 5) is 9.52. The van der Waals surface area contributed by atoms with Crippen molar-refractivity contribution in [3.63, 3.8) is 0 Å². The molecule has 1 aromatic rings. The Kier molecular flexibility index (Phi) is 5.38. The third kappa shape index (κ3) is 3.93. The molecular formula is C16H28N4. The second kappa shape index (κ2) is 7.04. The quantitative estimate of drug-likeness (QED) is 0.858. The first kappa shape index (κ1) is 15.3. The topological polar surface area (TPSA) is 31.4 Å². The van der Waals surface area contributed by atoms with Gasteiger partial charge in [-0.05, 0) is 57.1 Å². The molecule has 1 atom stereocenters. The monoisotopic (exact) mass is 276 g/mol. The van der Waals surface area contributed by atoms with Gasteiger partial charge in [0, 0.05) is 32.4 Å². The van der Waals surface area contributed by atoms with Crippen LogP contribution in [0.3, 0.4) is 0 Å². The molecule has 1 N–H and O–H groups in total. The van der Waals surface area contributed by atoms with Crippen LogP contribution in [0.4, 0.5) is 5.82 Å². The molecule has 0 amide bonds. The maximum Gasteiger partial charge on any atom is 0.128 e. The summed E-state index contributed by atoms with van der Waals surface area (Å²) in [7, 11) is 6.37. The van der Waals surface area contributed by atoms with Gasteiger partial charge < -0.3 is 15.1 Å². The summed E-state index contributed by atoms with van der Waals surface area (Å²) in [6, 6.07) is 4.42. The van der Waals surface area contributed by atoms with Gasteiger partial charge in [0.1, 0.15) is 5.82 Å². The van der Waals surface area contributed by atoms with Gasteiger partial charge in [0.05, 0.1) is 0 Å². The van der Waals surface area contributed by atoms with Crippen LogP contribution in [0.1, 0.15) is 24.6 Å². The molecule has 0 aliphatic carbocycles. The van der Waals surface area contributed by atoms with Crippen LogP contribution >= 0.6 is 0 Å². The first-order chi connectivity index (χ1) is 9.62. The van der Waals surface area contributed by atoms with E-state index in [2.05, 4.69) is 48.3 Å². The molecule has 1 fully saturated rings. The fourth-order valence-corrected chi connectivity index (χ4v) is 2.97. The van der Waals surface area contributed by atoms with Crippen LogP contribution in [-0.4, -0.2) is 50.7 Å². The predicted molar refractivity (Wildman–Crippen MR) is 85.3 cm³/mol. The van der Waals surface area contributed by atoms with Crippen molar-refractivity contribution >= 4 is 5.82 Å². The van der Waals surface area contributed by atoms with Gasteiger partial charge in [0.15, 0.2) is 0 Å². The Balaban J connectivity index is 2.07. The van der Waals surface area contributed by atoms with Crippen molar-refractivity contribution in [1.82, 2.24) is 15.2 Å². The largest absolute Gasteiger partial charge is 0.359 e. The molecular weight excluding hydrogens is 248 g/mol. The van der Waals surface area contributed by atoms with E-state index >= 15 is 0 Å². The molecule has 0 bridgehead atoms. The summed E-state index contributed by atoms with van der Waals surface area (Å²) >= 11 is 0. The Labute approximate surface area is 123 Å². The summed E-state index contributed by atoms with van der Waals surface area (Å²) in [5, 5.41) is 3.23. The van der Waals surface area contributed by atoms with Gasteiger partial charge in [-0.25, -0.2) is 4.98 Å². The lowest BCUT2D eigenvalue weighted by atomic mass is 10.1. The normalized spacial score (nSPS) is 19.5. The number of likely N-dealkylation sites (tertiary alicyclic amines) is 1. The molecule has 4 nitrogen and oxygen atoms in total. The highest BCUT2D eigenvalue weighted by Crippen LogP contribution is 2.20. The van der Waals surface area contributed by atoms with Gasteiger partial charge in [-0.2, -0.15) is 0 Å². The first-order valence-corrected chi connectivity index (χ1v) is 7.66. The van der Waals surface area contributed by atoms with Crippen molar-refractivity contribution < 1.29 is 0 Å². The summed E-state index contributed by atoms with van der Waals surface area (Å²) in [5.74, 6) is 1.88. The van der Waals surface area contributed by atoms with Crippen molar-refractivity contribution in [3.05, 3.63) is 23.4 Å². The van der Waals surface area contributed by atoms with Gasteiger partial charge >= 0.3 is 0 Å². The van der Waals surface area contributed by atoms with Crippen LogP contribution < -0.4 is 10.2 Å². The molecule has 0 radical (unpaired) electrons. The third-order valence-electron chi connectivity index (χ3n) is 4.08. The number of nitrogens with zero attached hydrogens (tertiary/aromatic N) is 3. The number of pyridine rings is 1. The van der Waals surface area contributed by atoms with Crippen LogP contribution in [0.2, 0.25) is 0 Å². The summed E-state index contributed by atoms with van der Waals surface area (Å²) in [6.07, 6.45) is 2.29. The fourth-order valence-electron chi connectivity index (χ4n) is 2.97. The highest BCUT2D eigenvalue weighted by molar-refractivity contribution is 5.42. The molecule has 1 aromatic heterocycles. The van der Waals surface area contributed by atoms with Crippen molar-refractivity contribution in [2.75, 3.05) is 45.7 Å². The zero-order valence-corrected chi connectivity index (χ0v) is 13.3. The van der Waals surface area contributed by atoms with Crippen LogP contribution in [0, 0.1) is 5.92 Å². The van der Waals surface area contributed by atoms with E-state index in [-0.39, 0.29) is 0 Å². The third-order valence-corrected chi connectivity index (χ3v) is 4.08. The summed E-state index contributed by atoms with van der Waals surface area (Å²) < 4.78 is 0. The molecule has 1 saturated heterocycles. The Bertz CT molecular complexity index is 432. The Morgan fingerprint density at radius 3 is 2.85 bits per heavy atom. The van der Waals surface area contributed by atoms with Gasteiger partial charge in [-0.15, -0.1) is 0 Å². The maximum absolute atomic E-state index is 4.78. The molecule has 0 spiro atoms. The van der Waals surface area contributed by atoms with E-state index in [1.165, 1.54) is 30.8 Å². The SMILES string of the molecule is CCc1cc(CNC)cc(N(C)CC2CCN(C)C2)n1. The van der Waals surface area contributed by atoms with E-state index in [9.17, 15) is 0 Å². The maximum atomic E-state index is 4.78. The first-order valence-electron chi connectivity index (χ1n) is 7.66. The van der Waals surface area contributed by atoms with Gasteiger partial charge in [-0.3, -0.25) is 0 Å². The standard InChI is InChI=1S/C16H28N4/c1-5-15-8-14(10-17-2)9-16(18-15)20(4)12-13-6-7-19(3)11-13/h8-9,13,17H,5-7,10-12H2,1-4H3. The van der Waals surface area contributed by atoms with Gasteiger partial charge in [-0.1, -0.05) is 6.92 Å². The van der Waals surface area contributed by atoms with E-state index in [0.29, 0.717) is 0 Å². The van der Waals surface area contributed by atoms with E-state index in [0.717, 1.165) is 31.2 Å². The fraction of sp³-hybridized carbons (Fsp3) is 0.688. The lowest BCUT2D eigenvalue weighted by Gasteiger charge is -2.23. The van der Waals surface area contributed by atoms with Crippen molar-refractivity contribution in [2.24, 2.45) is 5.92 Å². The van der Waals surface area contributed by atoms with Gasteiger partial charge in [0.25, 0.3) is 0 Å². The molecule has 1 unspecified atom stereocenters. The van der Waals surface area contributed by atoms with Crippen molar-refractivity contribution in [2.45, 2.75) is 26.3 Å². The van der Waals surface area contributed by atoms with Crippen LogP contribution in [0.5, 0.6) is 0 Å². The Morgan fingerprint density at radius 1 is 1.45 bits per heavy atom. The van der Waals surface area contributed by atoms with Crippen LogP contribution in [-0.2, 0) is 13.0 Å². The number of rotatable bonds is 6. The van der Waals surface area contributed by atoms with Crippen LogP contribution in [0.15, 0.2) is 12.1 Å². The van der Waals surface area contributed by atoms with E-state index in [4.69, 9.17) is 4.98 Å². The molecule has 1 aliphatic heterocycles.